The maximum atomic E-state index is 11.4. The highest BCUT2D eigenvalue weighted by Gasteiger charge is 2.15. The van der Waals surface area contributed by atoms with Gasteiger partial charge >= 0.3 is 5.97 Å². The van der Waals surface area contributed by atoms with Crippen molar-refractivity contribution in [3.63, 3.8) is 0 Å². The second-order valence-corrected chi connectivity index (χ2v) is 5.38. The summed E-state index contributed by atoms with van der Waals surface area (Å²) >= 11 is 0. The van der Waals surface area contributed by atoms with E-state index < -0.39 is 0 Å². The van der Waals surface area contributed by atoms with Gasteiger partial charge in [0.25, 0.3) is 0 Å². The lowest BCUT2D eigenvalue weighted by molar-refractivity contribution is -0.154. The third-order valence-electron chi connectivity index (χ3n) is 2.29. The van der Waals surface area contributed by atoms with Gasteiger partial charge in [-0.3, -0.25) is 4.79 Å². The fourth-order valence-electron chi connectivity index (χ4n) is 1.58. The standard InChI is InChI=1S/C13H27NO2/c1-5-8-11(14)9-6-7-10-12(15)16-13(2,3)4/h11H,5-10,14H2,1-4H3. The molecular weight excluding hydrogens is 202 g/mol. The van der Waals surface area contributed by atoms with Crippen LogP contribution in [0, 0.1) is 0 Å². The SMILES string of the molecule is CCCC(N)CCCCC(=O)OC(C)(C)C. The van der Waals surface area contributed by atoms with E-state index in [0.29, 0.717) is 12.5 Å². The highest BCUT2D eigenvalue weighted by molar-refractivity contribution is 5.69. The molecule has 0 spiro atoms. The molecular formula is C13H27NO2. The molecule has 0 aromatic rings. The molecule has 3 nitrogen and oxygen atoms in total. The Bertz CT molecular complexity index is 197. The maximum absolute atomic E-state index is 11.4. The molecule has 0 heterocycles. The molecule has 1 unspecified atom stereocenters. The number of rotatable bonds is 7. The van der Waals surface area contributed by atoms with Crippen molar-refractivity contribution >= 4 is 5.97 Å². The smallest absolute Gasteiger partial charge is 0.306 e. The number of carbonyl (C=O) groups excluding carboxylic acids is 1. The zero-order valence-electron chi connectivity index (χ0n) is 11.2. The molecule has 16 heavy (non-hydrogen) atoms. The van der Waals surface area contributed by atoms with Gasteiger partial charge in [0.05, 0.1) is 0 Å². The fraction of sp³-hybridized carbons (Fsp3) is 0.923. The Morgan fingerprint density at radius 2 is 1.88 bits per heavy atom. The van der Waals surface area contributed by atoms with Gasteiger partial charge in [-0.15, -0.1) is 0 Å². The van der Waals surface area contributed by atoms with Crippen molar-refractivity contribution in [2.45, 2.75) is 77.9 Å². The lowest BCUT2D eigenvalue weighted by atomic mass is 10.1. The minimum Gasteiger partial charge on any atom is -0.460 e. The van der Waals surface area contributed by atoms with Gasteiger partial charge in [0.1, 0.15) is 5.60 Å². The fourth-order valence-corrected chi connectivity index (χ4v) is 1.58. The molecule has 0 fully saturated rings. The first kappa shape index (κ1) is 15.4. The largest absolute Gasteiger partial charge is 0.460 e. The van der Waals surface area contributed by atoms with Crippen molar-refractivity contribution in [3.05, 3.63) is 0 Å². The summed E-state index contributed by atoms with van der Waals surface area (Å²) in [6.45, 7) is 7.81. The molecule has 0 radical (unpaired) electrons. The predicted octanol–water partition coefficient (Wildman–Crippen LogP) is 3.02. The molecule has 0 saturated heterocycles. The maximum Gasteiger partial charge on any atom is 0.306 e. The van der Waals surface area contributed by atoms with Crippen molar-refractivity contribution in [1.82, 2.24) is 0 Å². The van der Waals surface area contributed by atoms with E-state index in [2.05, 4.69) is 6.92 Å². The van der Waals surface area contributed by atoms with E-state index in [9.17, 15) is 4.79 Å². The van der Waals surface area contributed by atoms with E-state index >= 15 is 0 Å². The van der Waals surface area contributed by atoms with E-state index in [1.807, 2.05) is 20.8 Å². The molecule has 0 saturated carbocycles. The first-order valence-corrected chi connectivity index (χ1v) is 6.32. The minimum absolute atomic E-state index is 0.100. The second kappa shape index (κ2) is 7.66. The number of esters is 1. The van der Waals surface area contributed by atoms with E-state index in [-0.39, 0.29) is 11.6 Å². The van der Waals surface area contributed by atoms with Crippen LogP contribution in [0.1, 0.15) is 66.2 Å². The molecule has 0 amide bonds. The Morgan fingerprint density at radius 3 is 2.38 bits per heavy atom. The van der Waals surface area contributed by atoms with Crippen LogP contribution in [0.3, 0.4) is 0 Å². The van der Waals surface area contributed by atoms with Crippen LogP contribution in [0.25, 0.3) is 0 Å². The summed E-state index contributed by atoms with van der Waals surface area (Å²) in [7, 11) is 0. The third-order valence-corrected chi connectivity index (χ3v) is 2.29. The first-order chi connectivity index (χ1) is 7.35. The number of nitrogens with two attached hydrogens (primary N) is 1. The Kier molecular flexibility index (Phi) is 7.39. The number of unbranched alkanes of at least 4 members (excludes halogenated alkanes) is 1. The van der Waals surface area contributed by atoms with Crippen LogP contribution < -0.4 is 5.73 Å². The predicted molar refractivity (Wildman–Crippen MR) is 67.2 cm³/mol. The van der Waals surface area contributed by atoms with Gasteiger partial charge in [0.15, 0.2) is 0 Å². The summed E-state index contributed by atoms with van der Waals surface area (Å²) in [5.74, 6) is -0.100. The van der Waals surface area contributed by atoms with Gasteiger partial charge in [-0.2, -0.15) is 0 Å². The quantitative estimate of drug-likeness (QED) is 0.539. The molecule has 0 aliphatic carbocycles. The Labute approximate surface area is 99.7 Å². The molecule has 96 valence electrons. The monoisotopic (exact) mass is 229 g/mol. The summed E-state index contributed by atoms with van der Waals surface area (Å²) in [5.41, 5.74) is 5.52. The van der Waals surface area contributed by atoms with Gasteiger partial charge in [-0.1, -0.05) is 19.8 Å². The Hall–Kier alpha value is -0.570. The van der Waals surface area contributed by atoms with Crippen molar-refractivity contribution in [2.75, 3.05) is 0 Å². The summed E-state index contributed by atoms with van der Waals surface area (Å²) in [4.78, 5) is 11.4. The van der Waals surface area contributed by atoms with Crippen LogP contribution in [-0.2, 0) is 9.53 Å². The first-order valence-electron chi connectivity index (χ1n) is 6.32. The van der Waals surface area contributed by atoms with Crippen LogP contribution >= 0.6 is 0 Å². The second-order valence-electron chi connectivity index (χ2n) is 5.38. The number of hydrogen-bond acceptors (Lipinski definition) is 3. The van der Waals surface area contributed by atoms with Gasteiger partial charge in [-0.05, 0) is 40.0 Å². The lowest BCUT2D eigenvalue weighted by Gasteiger charge is -2.19. The Morgan fingerprint density at radius 1 is 1.25 bits per heavy atom. The normalized spacial score (nSPS) is 13.6. The van der Waals surface area contributed by atoms with Gasteiger partial charge in [0, 0.05) is 12.5 Å². The third kappa shape index (κ3) is 9.97. The summed E-state index contributed by atoms with van der Waals surface area (Å²) in [6.07, 6.45) is 5.62. The average molecular weight is 229 g/mol. The summed E-state index contributed by atoms with van der Waals surface area (Å²) in [5, 5.41) is 0. The van der Waals surface area contributed by atoms with Gasteiger partial charge < -0.3 is 10.5 Å². The zero-order valence-corrected chi connectivity index (χ0v) is 11.2. The van der Waals surface area contributed by atoms with Crippen molar-refractivity contribution in [3.8, 4) is 0 Å². The van der Waals surface area contributed by atoms with Crippen molar-refractivity contribution < 1.29 is 9.53 Å². The molecule has 0 aliphatic heterocycles. The van der Waals surface area contributed by atoms with Crippen molar-refractivity contribution in [2.24, 2.45) is 5.73 Å². The molecule has 0 bridgehead atoms. The summed E-state index contributed by atoms with van der Waals surface area (Å²) < 4.78 is 5.22. The number of carbonyl (C=O) groups is 1. The average Bonchev–Trinajstić information content (AvgIpc) is 2.10. The van der Waals surface area contributed by atoms with E-state index in [1.165, 1.54) is 0 Å². The van der Waals surface area contributed by atoms with Crippen molar-refractivity contribution in [1.29, 1.82) is 0 Å². The van der Waals surface area contributed by atoms with E-state index in [4.69, 9.17) is 10.5 Å². The topological polar surface area (TPSA) is 52.3 Å². The van der Waals surface area contributed by atoms with Crippen LogP contribution in [0.4, 0.5) is 0 Å². The Balaban J connectivity index is 3.48. The molecule has 1 atom stereocenters. The molecule has 3 heteroatoms. The molecule has 0 aliphatic rings. The molecule has 0 aromatic carbocycles. The van der Waals surface area contributed by atoms with Crippen LogP contribution in [0.2, 0.25) is 0 Å². The molecule has 0 rings (SSSR count). The van der Waals surface area contributed by atoms with Gasteiger partial charge in [0.2, 0.25) is 0 Å². The minimum atomic E-state index is -0.365. The highest BCUT2D eigenvalue weighted by atomic mass is 16.6. The van der Waals surface area contributed by atoms with Gasteiger partial charge in [-0.25, -0.2) is 0 Å². The van der Waals surface area contributed by atoms with E-state index in [0.717, 1.165) is 32.1 Å². The molecule has 2 N–H and O–H groups in total. The number of ether oxygens (including phenoxy) is 1. The lowest BCUT2D eigenvalue weighted by Crippen LogP contribution is -2.24. The van der Waals surface area contributed by atoms with Crippen LogP contribution in [0.15, 0.2) is 0 Å². The van der Waals surface area contributed by atoms with E-state index in [1.54, 1.807) is 0 Å². The highest BCUT2D eigenvalue weighted by Crippen LogP contribution is 2.11. The molecule has 0 aromatic heterocycles. The summed E-state index contributed by atoms with van der Waals surface area (Å²) in [6, 6.07) is 0.295. The zero-order chi connectivity index (χ0) is 12.6. The van der Waals surface area contributed by atoms with Crippen LogP contribution in [0.5, 0.6) is 0 Å². The van der Waals surface area contributed by atoms with Crippen LogP contribution in [-0.4, -0.2) is 17.6 Å². The number of hydrogen-bond donors (Lipinski definition) is 1.